The predicted octanol–water partition coefficient (Wildman–Crippen LogP) is 3.86. The number of anilines is 1. The van der Waals surface area contributed by atoms with Crippen molar-refractivity contribution in [3.05, 3.63) is 65.7 Å². The summed E-state index contributed by atoms with van der Waals surface area (Å²) in [5.74, 6) is 0.999. The lowest BCUT2D eigenvalue weighted by atomic mass is 10.1. The zero-order chi connectivity index (χ0) is 22.0. The molecule has 1 saturated heterocycles. The fraction of sp³-hybridized carbons (Fsp3) is 0.375. The van der Waals surface area contributed by atoms with Gasteiger partial charge in [-0.25, -0.2) is 9.37 Å². The molecule has 0 aliphatic carbocycles. The number of piperazine rings is 1. The van der Waals surface area contributed by atoms with Crippen LogP contribution in [0.2, 0.25) is 0 Å². The topological polar surface area (TPSA) is 54.3 Å². The first-order valence-corrected chi connectivity index (χ1v) is 10.7. The molecule has 2 aromatic heterocycles. The highest BCUT2D eigenvalue weighted by atomic mass is 19.1. The number of aryl methyl sites for hydroxylation is 1. The Morgan fingerprint density at radius 1 is 1.10 bits per heavy atom. The third kappa shape index (κ3) is 4.60. The van der Waals surface area contributed by atoms with Gasteiger partial charge in [0.2, 0.25) is 5.91 Å². The molecule has 1 aromatic carbocycles. The Morgan fingerprint density at radius 3 is 2.52 bits per heavy atom. The fourth-order valence-corrected chi connectivity index (χ4v) is 3.92. The van der Waals surface area contributed by atoms with Crippen LogP contribution < -0.4 is 4.90 Å². The van der Waals surface area contributed by atoms with Gasteiger partial charge in [0.05, 0.1) is 5.69 Å². The van der Waals surface area contributed by atoms with Gasteiger partial charge in [-0.15, -0.1) is 0 Å². The second kappa shape index (κ2) is 8.88. The molecule has 0 bridgehead atoms. The van der Waals surface area contributed by atoms with E-state index in [-0.39, 0.29) is 24.2 Å². The van der Waals surface area contributed by atoms with Gasteiger partial charge < -0.3 is 9.80 Å². The lowest BCUT2D eigenvalue weighted by Crippen LogP contribution is -2.50. The number of amides is 1. The maximum absolute atomic E-state index is 13.7. The summed E-state index contributed by atoms with van der Waals surface area (Å²) < 4.78 is 15.5. The van der Waals surface area contributed by atoms with Crippen LogP contribution in [-0.4, -0.2) is 51.8 Å². The summed E-state index contributed by atoms with van der Waals surface area (Å²) in [4.78, 5) is 21.5. The summed E-state index contributed by atoms with van der Waals surface area (Å²) in [7, 11) is 0. The van der Waals surface area contributed by atoms with Crippen molar-refractivity contribution in [3.63, 3.8) is 0 Å². The number of hydrogen-bond acceptors (Lipinski definition) is 4. The Balaban J connectivity index is 1.46. The minimum absolute atomic E-state index is 0.0625. The van der Waals surface area contributed by atoms with Gasteiger partial charge >= 0.3 is 0 Å². The van der Waals surface area contributed by atoms with E-state index in [0.717, 1.165) is 35.9 Å². The van der Waals surface area contributed by atoms with E-state index in [1.807, 2.05) is 29.2 Å². The molecule has 162 valence electrons. The van der Waals surface area contributed by atoms with E-state index >= 15 is 0 Å². The minimum atomic E-state index is -0.229. The largest absolute Gasteiger partial charge is 0.353 e. The Labute approximate surface area is 182 Å². The van der Waals surface area contributed by atoms with Gasteiger partial charge in [-0.3, -0.25) is 9.48 Å². The van der Waals surface area contributed by atoms with Crippen LogP contribution in [0.25, 0.3) is 11.3 Å². The number of pyridine rings is 1. The first-order valence-electron chi connectivity index (χ1n) is 10.7. The number of carbonyl (C=O) groups is 1. The first-order chi connectivity index (χ1) is 14.9. The Bertz CT molecular complexity index is 1060. The van der Waals surface area contributed by atoms with Gasteiger partial charge in [0.25, 0.3) is 0 Å². The second-order valence-corrected chi connectivity index (χ2v) is 8.29. The van der Waals surface area contributed by atoms with Crippen molar-refractivity contribution in [2.45, 2.75) is 33.2 Å². The van der Waals surface area contributed by atoms with Gasteiger partial charge in [0, 0.05) is 43.6 Å². The highest BCUT2D eigenvalue weighted by Gasteiger charge is 2.23. The number of halogens is 1. The third-order valence-electron chi connectivity index (χ3n) is 5.75. The van der Waals surface area contributed by atoms with Crippen molar-refractivity contribution in [3.8, 4) is 11.3 Å². The Hall–Kier alpha value is -3.22. The second-order valence-electron chi connectivity index (χ2n) is 8.29. The van der Waals surface area contributed by atoms with E-state index in [0.29, 0.717) is 18.7 Å². The van der Waals surface area contributed by atoms with Crippen LogP contribution in [0.4, 0.5) is 10.2 Å². The van der Waals surface area contributed by atoms with Crippen molar-refractivity contribution < 1.29 is 9.18 Å². The number of nitrogens with zero attached hydrogens (tertiary/aromatic N) is 5. The summed E-state index contributed by atoms with van der Waals surface area (Å²) in [6, 6.07) is 12.9. The summed E-state index contributed by atoms with van der Waals surface area (Å²) in [5, 5.41) is 4.70. The molecule has 0 saturated carbocycles. The quantitative estimate of drug-likeness (QED) is 0.628. The third-order valence-corrected chi connectivity index (χ3v) is 5.75. The van der Waals surface area contributed by atoms with Crippen molar-refractivity contribution in [2.24, 2.45) is 0 Å². The Kier molecular flexibility index (Phi) is 6.02. The number of hydrogen-bond donors (Lipinski definition) is 0. The number of aromatic nitrogens is 3. The molecule has 0 unspecified atom stereocenters. The lowest BCUT2D eigenvalue weighted by molar-refractivity contribution is -0.132. The van der Waals surface area contributed by atoms with E-state index in [1.165, 1.54) is 6.07 Å². The summed E-state index contributed by atoms with van der Waals surface area (Å²) in [5.41, 5.74) is 3.20. The number of carbonyl (C=O) groups excluding carboxylic acids is 1. The van der Waals surface area contributed by atoms with Crippen LogP contribution in [0.3, 0.4) is 0 Å². The molecule has 0 radical (unpaired) electrons. The van der Waals surface area contributed by atoms with E-state index < -0.39 is 0 Å². The van der Waals surface area contributed by atoms with Crippen LogP contribution in [0.5, 0.6) is 0 Å². The van der Waals surface area contributed by atoms with Crippen LogP contribution in [-0.2, 0) is 11.3 Å². The molecular weight excluding hydrogens is 393 g/mol. The molecule has 0 spiro atoms. The van der Waals surface area contributed by atoms with Crippen molar-refractivity contribution in [1.82, 2.24) is 19.7 Å². The average Bonchev–Trinajstić information content (AvgIpc) is 3.20. The van der Waals surface area contributed by atoms with Crippen LogP contribution in [0.15, 0.2) is 48.7 Å². The van der Waals surface area contributed by atoms with Crippen LogP contribution in [0.1, 0.15) is 31.0 Å². The maximum Gasteiger partial charge on any atom is 0.244 e. The van der Waals surface area contributed by atoms with E-state index in [9.17, 15) is 9.18 Å². The molecule has 31 heavy (non-hydrogen) atoms. The van der Waals surface area contributed by atoms with Crippen molar-refractivity contribution in [2.75, 3.05) is 31.1 Å². The van der Waals surface area contributed by atoms with Gasteiger partial charge in [-0.1, -0.05) is 19.9 Å². The van der Waals surface area contributed by atoms with Gasteiger partial charge in [0.15, 0.2) is 0 Å². The molecule has 1 amide bonds. The lowest BCUT2D eigenvalue weighted by Gasteiger charge is -2.35. The molecule has 7 heteroatoms. The predicted molar refractivity (Wildman–Crippen MR) is 119 cm³/mol. The molecule has 1 fully saturated rings. The van der Waals surface area contributed by atoms with E-state index in [2.05, 4.69) is 23.7 Å². The zero-order valence-electron chi connectivity index (χ0n) is 18.3. The molecular formula is C24H28FN5O. The summed E-state index contributed by atoms with van der Waals surface area (Å²) in [6.07, 6.45) is 1.79. The van der Waals surface area contributed by atoms with Gasteiger partial charge in [0.1, 0.15) is 18.2 Å². The van der Waals surface area contributed by atoms with Crippen molar-refractivity contribution in [1.29, 1.82) is 0 Å². The molecule has 0 N–H and O–H groups in total. The standard InChI is InChI=1S/C24H28FN5O/c1-17(2)22-15-21(19-7-8-20(25)18(3)14-19)27-30(22)16-24(31)29-12-10-28(11-13-29)23-6-4-5-9-26-23/h4-9,14-15,17H,10-13,16H2,1-3H3. The smallest absolute Gasteiger partial charge is 0.244 e. The SMILES string of the molecule is Cc1cc(-c2cc(C(C)C)n(CC(=O)N3CCN(c4ccccn4)CC3)n2)ccc1F. The van der Waals surface area contributed by atoms with E-state index in [1.54, 1.807) is 29.9 Å². The Morgan fingerprint density at radius 2 is 1.87 bits per heavy atom. The molecule has 0 atom stereocenters. The zero-order valence-corrected chi connectivity index (χ0v) is 18.3. The first kappa shape index (κ1) is 21.0. The van der Waals surface area contributed by atoms with Crippen LogP contribution in [0, 0.1) is 12.7 Å². The van der Waals surface area contributed by atoms with Gasteiger partial charge in [-0.2, -0.15) is 5.10 Å². The summed E-state index contributed by atoms with van der Waals surface area (Å²) >= 11 is 0. The van der Waals surface area contributed by atoms with E-state index in [4.69, 9.17) is 5.10 Å². The summed E-state index contributed by atoms with van der Waals surface area (Å²) in [6.45, 7) is 8.98. The fourth-order valence-electron chi connectivity index (χ4n) is 3.92. The highest BCUT2D eigenvalue weighted by Crippen LogP contribution is 2.25. The molecule has 1 aliphatic rings. The molecule has 4 rings (SSSR count). The number of benzene rings is 1. The normalized spacial score (nSPS) is 14.4. The average molecular weight is 422 g/mol. The molecule has 3 heterocycles. The van der Waals surface area contributed by atoms with Crippen molar-refractivity contribution >= 4 is 11.7 Å². The molecule has 1 aliphatic heterocycles. The van der Waals surface area contributed by atoms with Crippen LogP contribution >= 0.6 is 0 Å². The maximum atomic E-state index is 13.7. The highest BCUT2D eigenvalue weighted by molar-refractivity contribution is 5.76. The molecule has 6 nitrogen and oxygen atoms in total. The monoisotopic (exact) mass is 421 g/mol. The molecule has 3 aromatic rings. The minimum Gasteiger partial charge on any atom is -0.353 e. The number of rotatable bonds is 5. The van der Waals surface area contributed by atoms with Gasteiger partial charge in [-0.05, 0) is 54.8 Å².